The van der Waals surface area contributed by atoms with Crippen LogP contribution in [0.15, 0.2) is 24.8 Å². The average Bonchev–Trinajstić information content (AvgIpc) is 2.63. The topological polar surface area (TPSA) is 81.7 Å². The lowest BCUT2D eigenvalue weighted by molar-refractivity contribution is -0.478. The monoisotopic (exact) mass is 406 g/mol. The van der Waals surface area contributed by atoms with Crippen LogP contribution in [-0.2, 0) is 37.0 Å². The second-order valence-electron chi connectivity index (χ2n) is 5.41. The van der Waals surface area contributed by atoms with Crippen LogP contribution in [0.1, 0.15) is 34.1 Å². The summed E-state index contributed by atoms with van der Waals surface area (Å²) < 4.78 is 39.5. The Morgan fingerprint density at radius 2 is 1.67 bits per heavy atom. The van der Waals surface area contributed by atoms with E-state index in [1.807, 2.05) is 0 Å². The summed E-state index contributed by atoms with van der Waals surface area (Å²) in [7, 11) is -1.81. The predicted octanol–water partition coefficient (Wildman–Crippen LogP) is 3.02. The Balaban J connectivity index is 5.27. The van der Waals surface area contributed by atoms with Crippen molar-refractivity contribution in [2.24, 2.45) is 0 Å². The van der Waals surface area contributed by atoms with Gasteiger partial charge < -0.3 is 27.8 Å². The molecule has 0 aliphatic rings. The molecule has 1 unspecified atom stereocenters. The quantitative estimate of drug-likeness (QED) is 0.0910. The molecule has 0 amide bonds. The Morgan fingerprint density at radius 1 is 1.11 bits per heavy atom. The van der Waals surface area contributed by atoms with Gasteiger partial charge in [0.2, 0.25) is 0 Å². The van der Waals surface area contributed by atoms with Crippen LogP contribution in [0.2, 0.25) is 6.04 Å². The zero-order valence-electron chi connectivity index (χ0n) is 17.2. The third-order valence-electron chi connectivity index (χ3n) is 3.18. The molecular formula is C18H34O8Si. The SMILES string of the molecule is C=CCO[Si](CCCOC(=O)C(=C)C)(OC)OC(OCC)(OCC)OCC. The molecule has 1 atom stereocenters. The van der Waals surface area contributed by atoms with E-state index in [4.69, 9.17) is 32.2 Å². The molecule has 0 fully saturated rings. The van der Waals surface area contributed by atoms with E-state index in [-0.39, 0.29) is 13.2 Å². The Hall–Kier alpha value is -1.07. The zero-order valence-corrected chi connectivity index (χ0v) is 18.2. The second-order valence-corrected chi connectivity index (χ2v) is 8.17. The molecule has 0 N–H and O–H groups in total. The summed E-state index contributed by atoms with van der Waals surface area (Å²) in [5.74, 6) is -0.445. The third-order valence-corrected chi connectivity index (χ3v) is 5.94. The van der Waals surface area contributed by atoms with E-state index in [1.54, 1.807) is 33.8 Å². The average molecular weight is 407 g/mol. The molecule has 0 radical (unpaired) electrons. The van der Waals surface area contributed by atoms with Crippen LogP contribution in [0.5, 0.6) is 0 Å². The molecule has 0 saturated heterocycles. The Morgan fingerprint density at radius 3 is 2.07 bits per heavy atom. The number of carbonyl (C=O) groups excluding carboxylic acids is 1. The largest absolute Gasteiger partial charge is 0.506 e. The molecular weight excluding hydrogens is 372 g/mol. The van der Waals surface area contributed by atoms with Crippen molar-refractivity contribution >= 4 is 14.8 Å². The normalized spacial score (nSPS) is 13.8. The van der Waals surface area contributed by atoms with Crippen molar-refractivity contribution < 1.29 is 37.0 Å². The fourth-order valence-electron chi connectivity index (χ4n) is 2.05. The predicted molar refractivity (Wildman–Crippen MR) is 103 cm³/mol. The molecule has 158 valence electrons. The van der Waals surface area contributed by atoms with Crippen molar-refractivity contribution in [2.45, 2.75) is 46.3 Å². The molecule has 8 nitrogen and oxygen atoms in total. The summed E-state index contributed by atoms with van der Waals surface area (Å²) in [5.41, 5.74) is 0.340. The van der Waals surface area contributed by atoms with Crippen LogP contribution in [-0.4, -0.2) is 61.1 Å². The van der Waals surface area contributed by atoms with E-state index in [2.05, 4.69) is 13.2 Å². The minimum absolute atomic E-state index is 0.176. The lowest BCUT2D eigenvalue weighted by Crippen LogP contribution is -2.56. The molecule has 0 heterocycles. The molecule has 0 aromatic carbocycles. The van der Waals surface area contributed by atoms with Gasteiger partial charge in [-0.2, -0.15) is 0 Å². The first-order valence-corrected chi connectivity index (χ1v) is 11.0. The maximum Gasteiger partial charge on any atom is 0.506 e. The highest BCUT2D eigenvalue weighted by Gasteiger charge is 2.51. The first-order valence-electron chi connectivity index (χ1n) is 9.08. The molecule has 0 rings (SSSR count). The van der Waals surface area contributed by atoms with Gasteiger partial charge in [-0.25, -0.2) is 4.79 Å². The van der Waals surface area contributed by atoms with Crippen LogP contribution in [0, 0.1) is 0 Å². The molecule has 0 aromatic rings. The summed E-state index contributed by atoms with van der Waals surface area (Å²) in [4.78, 5) is 11.5. The van der Waals surface area contributed by atoms with E-state index >= 15 is 0 Å². The first-order chi connectivity index (χ1) is 12.8. The third kappa shape index (κ3) is 9.61. The summed E-state index contributed by atoms with van der Waals surface area (Å²) in [6.45, 7) is 15.5. The van der Waals surface area contributed by atoms with Gasteiger partial charge in [-0.05, 0) is 34.1 Å². The standard InChI is InChI=1S/C18H34O8Si/c1-8-13-25-27(20-7,15-12-14-21-17(19)16(5)6)26-18(22-9-2,23-10-3)24-11-4/h8H,1,5,9-15H2,2-4,6-7H3. The van der Waals surface area contributed by atoms with Crippen LogP contribution in [0.4, 0.5) is 0 Å². The van der Waals surface area contributed by atoms with Crippen molar-refractivity contribution in [3.63, 3.8) is 0 Å². The lowest BCUT2D eigenvalue weighted by Gasteiger charge is -2.38. The van der Waals surface area contributed by atoms with Gasteiger partial charge in [0.25, 0.3) is 0 Å². The van der Waals surface area contributed by atoms with Crippen LogP contribution in [0.25, 0.3) is 0 Å². The Labute approximate surface area is 163 Å². The maximum atomic E-state index is 11.5. The summed E-state index contributed by atoms with van der Waals surface area (Å²) >= 11 is 0. The molecule has 0 aliphatic heterocycles. The number of esters is 1. The van der Waals surface area contributed by atoms with E-state index in [0.29, 0.717) is 37.9 Å². The molecule has 0 spiro atoms. The van der Waals surface area contributed by atoms with Crippen molar-refractivity contribution in [3.8, 4) is 0 Å². The summed E-state index contributed by atoms with van der Waals surface area (Å²) in [6, 6.07) is 0.357. The number of carbonyl (C=O) groups is 1. The van der Waals surface area contributed by atoms with Crippen molar-refractivity contribution in [1.82, 2.24) is 0 Å². The summed E-state index contributed by atoms with van der Waals surface area (Å²) in [5, 5.41) is 0. The maximum absolute atomic E-state index is 11.5. The van der Waals surface area contributed by atoms with Gasteiger partial charge in [0.05, 0.1) is 33.0 Å². The van der Waals surface area contributed by atoms with Gasteiger partial charge in [0, 0.05) is 18.7 Å². The fourth-order valence-corrected chi connectivity index (χ4v) is 4.27. The highest BCUT2D eigenvalue weighted by atomic mass is 28.4. The number of hydrogen-bond donors (Lipinski definition) is 0. The molecule has 27 heavy (non-hydrogen) atoms. The molecule has 0 saturated carbocycles. The summed E-state index contributed by atoms with van der Waals surface area (Å²) in [6.07, 6.45) is 0.321. The van der Waals surface area contributed by atoms with Gasteiger partial charge in [0.1, 0.15) is 0 Å². The van der Waals surface area contributed by atoms with Crippen molar-refractivity contribution in [3.05, 3.63) is 24.8 Å². The van der Waals surface area contributed by atoms with Gasteiger partial charge >= 0.3 is 20.9 Å². The smallest absolute Gasteiger partial charge is 0.462 e. The number of ether oxygens (including phenoxy) is 4. The lowest BCUT2D eigenvalue weighted by atomic mass is 10.4. The van der Waals surface area contributed by atoms with Crippen LogP contribution >= 0.6 is 0 Å². The van der Waals surface area contributed by atoms with Gasteiger partial charge in [-0.3, -0.25) is 4.43 Å². The highest BCUT2D eigenvalue weighted by molar-refractivity contribution is 6.60. The minimum Gasteiger partial charge on any atom is -0.462 e. The van der Waals surface area contributed by atoms with E-state index < -0.39 is 20.9 Å². The first kappa shape index (κ1) is 25.9. The zero-order chi connectivity index (χ0) is 20.8. The van der Waals surface area contributed by atoms with Crippen LogP contribution in [0.3, 0.4) is 0 Å². The number of rotatable bonds is 17. The minimum atomic E-state index is -3.30. The van der Waals surface area contributed by atoms with E-state index in [1.165, 1.54) is 7.11 Å². The van der Waals surface area contributed by atoms with Crippen LogP contribution < -0.4 is 0 Å². The highest BCUT2D eigenvalue weighted by Crippen LogP contribution is 2.28. The Bertz CT molecular complexity index is 440. The van der Waals surface area contributed by atoms with Crippen molar-refractivity contribution in [1.29, 1.82) is 0 Å². The van der Waals surface area contributed by atoms with Gasteiger partial charge in [0.15, 0.2) is 0 Å². The van der Waals surface area contributed by atoms with E-state index in [9.17, 15) is 4.79 Å². The fraction of sp³-hybridized carbons (Fsp3) is 0.722. The number of hydrogen-bond acceptors (Lipinski definition) is 8. The molecule has 0 aliphatic carbocycles. The molecule has 0 aromatic heterocycles. The molecule has 9 heteroatoms. The Kier molecular flexibility index (Phi) is 13.4. The van der Waals surface area contributed by atoms with Gasteiger partial charge in [-0.15, -0.1) is 6.58 Å². The van der Waals surface area contributed by atoms with Crippen molar-refractivity contribution in [2.75, 3.05) is 40.1 Å². The van der Waals surface area contributed by atoms with E-state index in [0.717, 1.165) is 0 Å². The molecule has 0 bridgehead atoms. The van der Waals surface area contributed by atoms with Gasteiger partial charge in [-0.1, -0.05) is 12.7 Å². The second kappa shape index (κ2) is 14.0.